The van der Waals surface area contributed by atoms with Gasteiger partial charge in [-0.15, -0.1) is 0 Å². The molecule has 1 heterocycles. The van der Waals surface area contributed by atoms with Crippen molar-refractivity contribution < 1.29 is 14.6 Å². The maximum atomic E-state index is 11.4. The standard InChI is InChI=1S/C23H22NO3PS.C2H6/c1-15-14-24(18-9-4-3-5-10-18)20-13-21(27-2)19(12-22(20)29-28-15)16-7-6-8-17(11-16)23(25)26;1-2/h3-13,15,28H,14H2,1-2H3,(H,25,26);1-2H3. The number of fused-ring (bicyclic) bond motifs is 1. The Balaban J connectivity index is 0.00000132. The number of rotatable bonds is 4. The molecule has 1 N–H and O–H groups in total. The average Bonchev–Trinajstić information content (AvgIpc) is 2.98. The third kappa shape index (κ3) is 5.23. The summed E-state index contributed by atoms with van der Waals surface area (Å²) in [4.78, 5) is 15.0. The Bertz CT molecular complexity index is 1040. The Morgan fingerprint density at radius 1 is 1.10 bits per heavy atom. The van der Waals surface area contributed by atoms with E-state index >= 15 is 0 Å². The smallest absolute Gasteiger partial charge is 0.335 e. The molecule has 0 radical (unpaired) electrons. The maximum absolute atomic E-state index is 11.4. The molecule has 2 unspecified atom stereocenters. The molecule has 0 bridgehead atoms. The van der Waals surface area contributed by atoms with Crippen LogP contribution in [0.15, 0.2) is 71.6 Å². The number of aromatic carboxylic acids is 1. The number of methoxy groups -OCH3 is 1. The number of benzene rings is 3. The lowest BCUT2D eigenvalue weighted by Gasteiger charge is -2.27. The fraction of sp³-hybridized carbons (Fsp3) is 0.240. The number of ether oxygens (including phenoxy) is 1. The molecule has 3 aromatic rings. The Hall–Kier alpha value is -2.49. The van der Waals surface area contributed by atoms with E-state index in [-0.39, 0.29) is 5.56 Å². The van der Waals surface area contributed by atoms with Gasteiger partial charge in [-0.25, -0.2) is 4.79 Å². The van der Waals surface area contributed by atoms with Crippen molar-refractivity contribution in [3.05, 3.63) is 72.3 Å². The molecule has 6 heteroatoms. The molecule has 0 saturated heterocycles. The van der Waals surface area contributed by atoms with E-state index in [2.05, 4.69) is 48.2 Å². The van der Waals surface area contributed by atoms with Gasteiger partial charge in [-0.3, -0.25) is 0 Å². The van der Waals surface area contributed by atoms with E-state index in [0.29, 0.717) is 5.66 Å². The molecule has 2 atom stereocenters. The quantitative estimate of drug-likeness (QED) is 0.420. The first-order valence-electron chi connectivity index (χ1n) is 10.4. The minimum atomic E-state index is -0.930. The first kappa shape index (κ1) is 23.2. The number of para-hydroxylation sites is 1. The molecule has 3 aromatic carbocycles. The molecular formula is C25H28NO3PS. The van der Waals surface area contributed by atoms with Crippen LogP contribution in [0.5, 0.6) is 5.75 Å². The highest BCUT2D eigenvalue weighted by Gasteiger charge is 2.24. The van der Waals surface area contributed by atoms with Crippen molar-refractivity contribution in [2.24, 2.45) is 0 Å². The van der Waals surface area contributed by atoms with Crippen LogP contribution in [0.25, 0.3) is 11.1 Å². The van der Waals surface area contributed by atoms with Crippen LogP contribution in [0.2, 0.25) is 0 Å². The number of carboxylic acids is 1. The summed E-state index contributed by atoms with van der Waals surface area (Å²) in [6.45, 7) is 7.22. The summed E-state index contributed by atoms with van der Waals surface area (Å²) in [7, 11) is 2.41. The zero-order chi connectivity index (χ0) is 22.4. The van der Waals surface area contributed by atoms with Crippen molar-refractivity contribution in [1.29, 1.82) is 0 Å². The van der Waals surface area contributed by atoms with E-state index in [1.165, 1.54) is 4.90 Å². The third-order valence-electron chi connectivity index (χ3n) is 4.89. The lowest BCUT2D eigenvalue weighted by Crippen LogP contribution is -2.23. The summed E-state index contributed by atoms with van der Waals surface area (Å²) in [6, 6.07) is 21.6. The van der Waals surface area contributed by atoms with E-state index in [1.54, 1.807) is 25.3 Å². The fourth-order valence-corrected chi connectivity index (χ4v) is 6.22. The first-order valence-corrected chi connectivity index (χ1v) is 13.0. The third-order valence-corrected chi connectivity index (χ3v) is 8.36. The Morgan fingerprint density at radius 3 is 2.52 bits per heavy atom. The molecule has 0 saturated carbocycles. The number of carbonyl (C=O) groups is 1. The van der Waals surface area contributed by atoms with Crippen molar-refractivity contribution in [2.45, 2.75) is 31.3 Å². The average molecular weight is 454 g/mol. The van der Waals surface area contributed by atoms with Crippen molar-refractivity contribution in [3.8, 4) is 16.9 Å². The lowest BCUT2D eigenvalue weighted by molar-refractivity contribution is 0.0697. The predicted molar refractivity (Wildman–Crippen MR) is 134 cm³/mol. The van der Waals surface area contributed by atoms with Gasteiger partial charge in [0, 0.05) is 34.4 Å². The van der Waals surface area contributed by atoms with Crippen molar-refractivity contribution in [1.82, 2.24) is 0 Å². The molecule has 0 aliphatic carbocycles. The Kier molecular flexibility index (Phi) is 8.00. The highest BCUT2D eigenvalue weighted by atomic mass is 32.7. The zero-order valence-electron chi connectivity index (χ0n) is 18.3. The topological polar surface area (TPSA) is 49.8 Å². The summed E-state index contributed by atoms with van der Waals surface area (Å²) in [5.74, 6) is -0.189. The van der Waals surface area contributed by atoms with Gasteiger partial charge in [-0.1, -0.05) is 70.3 Å². The van der Waals surface area contributed by atoms with E-state index in [1.807, 2.05) is 37.4 Å². The Morgan fingerprint density at radius 2 is 1.84 bits per heavy atom. The van der Waals surface area contributed by atoms with E-state index in [0.717, 1.165) is 42.6 Å². The summed E-state index contributed by atoms with van der Waals surface area (Å²) < 4.78 is 5.74. The molecule has 1 aliphatic heterocycles. The van der Waals surface area contributed by atoms with Crippen LogP contribution in [0, 0.1) is 0 Å². The molecule has 0 amide bonds. The predicted octanol–water partition coefficient (Wildman–Crippen LogP) is 7.31. The normalized spacial score (nSPS) is 16.0. The Labute approximate surface area is 190 Å². The lowest BCUT2D eigenvalue weighted by atomic mass is 10.0. The van der Waals surface area contributed by atoms with Gasteiger partial charge in [0.25, 0.3) is 0 Å². The molecule has 4 rings (SSSR count). The summed E-state index contributed by atoms with van der Waals surface area (Å²) >= 11 is 1.87. The monoisotopic (exact) mass is 453 g/mol. The van der Waals surface area contributed by atoms with E-state index in [4.69, 9.17) is 4.74 Å². The molecule has 1 aliphatic rings. The van der Waals surface area contributed by atoms with E-state index in [9.17, 15) is 9.90 Å². The van der Waals surface area contributed by atoms with Gasteiger partial charge < -0.3 is 14.7 Å². The highest BCUT2D eigenvalue weighted by Crippen LogP contribution is 2.52. The largest absolute Gasteiger partial charge is 0.496 e. The van der Waals surface area contributed by atoms with Crippen LogP contribution < -0.4 is 9.64 Å². The SMILES string of the molecule is CC.COc1cc2c(cc1-c1cccc(C(=O)O)c1)SPC(C)CN2c1ccccc1. The molecule has 31 heavy (non-hydrogen) atoms. The van der Waals surface area contributed by atoms with E-state index < -0.39 is 5.97 Å². The van der Waals surface area contributed by atoms with Gasteiger partial charge in [0.1, 0.15) is 5.75 Å². The second-order valence-corrected chi connectivity index (χ2v) is 10.2. The van der Waals surface area contributed by atoms with Crippen LogP contribution in [0.4, 0.5) is 11.4 Å². The maximum Gasteiger partial charge on any atom is 0.335 e. The van der Waals surface area contributed by atoms with Crippen molar-refractivity contribution >= 4 is 36.5 Å². The number of anilines is 2. The minimum absolute atomic E-state index is 0.272. The fourth-order valence-electron chi connectivity index (χ4n) is 3.48. The van der Waals surface area contributed by atoms with Crippen molar-refractivity contribution in [3.63, 3.8) is 0 Å². The van der Waals surface area contributed by atoms with Crippen LogP contribution in [-0.4, -0.2) is 30.4 Å². The summed E-state index contributed by atoms with van der Waals surface area (Å²) in [5.41, 5.74) is 4.88. The number of nitrogens with zero attached hydrogens (tertiary/aromatic N) is 1. The molecule has 4 nitrogen and oxygen atoms in total. The summed E-state index contributed by atoms with van der Waals surface area (Å²) in [6.07, 6.45) is 0. The van der Waals surface area contributed by atoms with Crippen LogP contribution in [0.1, 0.15) is 31.1 Å². The second kappa shape index (κ2) is 10.7. The second-order valence-electron chi connectivity index (χ2n) is 6.97. The van der Waals surface area contributed by atoms with Crippen LogP contribution in [0.3, 0.4) is 0 Å². The number of hydrogen-bond acceptors (Lipinski definition) is 4. The first-order chi connectivity index (χ1) is 15.1. The molecule has 162 valence electrons. The van der Waals surface area contributed by atoms with Gasteiger partial charge in [0.05, 0.1) is 18.4 Å². The van der Waals surface area contributed by atoms with Crippen LogP contribution in [-0.2, 0) is 0 Å². The van der Waals surface area contributed by atoms with Crippen molar-refractivity contribution in [2.75, 3.05) is 18.6 Å². The molecular weight excluding hydrogens is 425 g/mol. The number of hydrogen-bond donors (Lipinski definition) is 1. The summed E-state index contributed by atoms with van der Waals surface area (Å²) in [5, 5.41) is 9.36. The molecule has 0 spiro atoms. The van der Waals surface area contributed by atoms with Gasteiger partial charge in [-0.2, -0.15) is 0 Å². The molecule has 0 aromatic heterocycles. The van der Waals surface area contributed by atoms with Gasteiger partial charge in [-0.05, 0) is 35.9 Å². The van der Waals surface area contributed by atoms with Gasteiger partial charge >= 0.3 is 5.97 Å². The van der Waals surface area contributed by atoms with Gasteiger partial charge in [0.15, 0.2) is 0 Å². The minimum Gasteiger partial charge on any atom is -0.496 e. The molecule has 0 fully saturated rings. The zero-order valence-corrected chi connectivity index (χ0v) is 20.1. The highest BCUT2D eigenvalue weighted by molar-refractivity contribution is 8.49. The van der Waals surface area contributed by atoms with Crippen LogP contribution >= 0.6 is 19.2 Å². The number of carboxylic acid groups (broad SMARTS) is 1. The van der Waals surface area contributed by atoms with Gasteiger partial charge in [0.2, 0.25) is 0 Å².